The Bertz CT molecular complexity index is 832. The van der Waals surface area contributed by atoms with Gasteiger partial charge >= 0.3 is 0 Å². The summed E-state index contributed by atoms with van der Waals surface area (Å²) in [5.41, 5.74) is 8.21. The van der Waals surface area contributed by atoms with Crippen LogP contribution in [0.15, 0.2) is 40.9 Å². The Hall–Kier alpha value is -1.56. The van der Waals surface area contributed by atoms with Crippen LogP contribution in [0.2, 0.25) is 10.0 Å². The van der Waals surface area contributed by atoms with Crippen LogP contribution >= 0.6 is 39.1 Å². The lowest BCUT2D eigenvalue weighted by molar-refractivity contribution is 0.972. The summed E-state index contributed by atoms with van der Waals surface area (Å²) in [6, 6.07) is 11.1. The van der Waals surface area contributed by atoms with E-state index in [2.05, 4.69) is 31.1 Å². The fourth-order valence-corrected chi connectivity index (χ4v) is 2.69. The molecular formula is C15H11BrCl2N4. The highest BCUT2D eigenvalue weighted by Gasteiger charge is 2.09. The van der Waals surface area contributed by atoms with Crippen molar-refractivity contribution in [2.45, 2.75) is 6.42 Å². The lowest BCUT2D eigenvalue weighted by Gasteiger charge is -2.01. The maximum atomic E-state index is 5.99. The average Bonchev–Trinajstić information content (AvgIpc) is 2.94. The van der Waals surface area contributed by atoms with Gasteiger partial charge in [-0.25, -0.2) is 4.98 Å². The molecule has 4 nitrogen and oxygen atoms in total. The lowest BCUT2D eigenvalue weighted by Crippen LogP contribution is -1.91. The molecule has 3 N–H and O–H groups in total. The van der Waals surface area contributed by atoms with E-state index in [1.165, 1.54) is 0 Å². The second-order valence-electron chi connectivity index (χ2n) is 4.77. The van der Waals surface area contributed by atoms with Crippen molar-refractivity contribution in [3.63, 3.8) is 0 Å². The number of halogens is 3. The zero-order valence-corrected chi connectivity index (χ0v) is 14.4. The third-order valence-corrected chi connectivity index (χ3v) is 4.70. The van der Waals surface area contributed by atoms with Crippen LogP contribution in [-0.2, 0) is 6.42 Å². The van der Waals surface area contributed by atoms with Gasteiger partial charge in [0.15, 0.2) is 5.82 Å². The van der Waals surface area contributed by atoms with E-state index in [-0.39, 0.29) is 0 Å². The summed E-state index contributed by atoms with van der Waals surface area (Å²) < 4.78 is 0.858. The molecule has 3 aromatic rings. The second-order valence-corrected chi connectivity index (χ2v) is 6.44. The number of aromatic amines is 1. The molecule has 0 aliphatic heterocycles. The first kappa shape index (κ1) is 15.3. The van der Waals surface area contributed by atoms with Gasteiger partial charge < -0.3 is 5.73 Å². The van der Waals surface area contributed by atoms with E-state index in [0.29, 0.717) is 28.0 Å². The zero-order valence-electron chi connectivity index (χ0n) is 11.3. The maximum absolute atomic E-state index is 5.99. The molecule has 3 rings (SSSR count). The first-order chi connectivity index (χ1) is 10.5. The van der Waals surface area contributed by atoms with E-state index in [1.807, 2.05) is 24.3 Å². The van der Waals surface area contributed by atoms with Gasteiger partial charge in [-0.15, -0.1) is 0 Å². The minimum Gasteiger partial charge on any atom is -0.398 e. The van der Waals surface area contributed by atoms with Gasteiger partial charge in [-0.05, 0) is 51.8 Å². The number of nitrogens with two attached hydrogens (primary N) is 1. The summed E-state index contributed by atoms with van der Waals surface area (Å²) in [6.45, 7) is 0. The van der Waals surface area contributed by atoms with Gasteiger partial charge in [-0.2, -0.15) is 5.10 Å². The normalized spacial score (nSPS) is 10.9. The van der Waals surface area contributed by atoms with Crippen LogP contribution in [0, 0.1) is 0 Å². The van der Waals surface area contributed by atoms with Gasteiger partial charge in [-0.1, -0.05) is 29.3 Å². The molecule has 1 heterocycles. The number of nitrogens with one attached hydrogen (secondary N) is 1. The van der Waals surface area contributed by atoms with Crippen LogP contribution in [-0.4, -0.2) is 15.2 Å². The van der Waals surface area contributed by atoms with Gasteiger partial charge in [0.1, 0.15) is 5.82 Å². The quantitative estimate of drug-likeness (QED) is 0.628. The van der Waals surface area contributed by atoms with Crippen LogP contribution in [0.3, 0.4) is 0 Å². The summed E-state index contributed by atoms with van der Waals surface area (Å²) in [5.74, 6) is 1.35. The Labute approximate surface area is 145 Å². The molecule has 0 saturated heterocycles. The summed E-state index contributed by atoms with van der Waals surface area (Å²) in [5, 5.41) is 8.36. The standard InChI is InChI=1S/C15H11BrCl2N4/c16-10-5-8(1-3-11(10)17)6-14-20-15(22-21-14)9-2-4-12(18)13(19)7-9/h1-5,7H,6,19H2,(H,20,21,22). The summed E-state index contributed by atoms with van der Waals surface area (Å²) >= 11 is 15.3. The Morgan fingerprint density at radius 2 is 1.86 bits per heavy atom. The Morgan fingerprint density at radius 1 is 1.09 bits per heavy atom. The minimum absolute atomic E-state index is 0.507. The van der Waals surface area contributed by atoms with Gasteiger partial charge in [0.05, 0.1) is 15.7 Å². The molecule has 0 unspecified atom stereocenters. The molecule has 1 aromatic heterocycles. The number of nitrogens with zero attached hydrogens (tertiary/aromatic N) is 2. The smallest absolute Gasteiger partial charge is 0.181 e. The van der Waals surface area contributed by atoms with Crippen molar-refractivity contribution in [2.75, 3.05) is 5.73 Å². The highest BCUT2D eigenvalue weighted by molar-refractivity contribution is 9.10. The van der Waals surface area contributed by atoms with E-state index in [4.69, 9.17) is 28.9 Å². The molecule has 0 saturated carbocycles. The van der Waals surface area contributed by atoms with Crippen molar-refractivity contribution in [1.29, 1.82) is 0 Å². The van der Waals surface area contributed by atoms with Crippen LogP contribution in [0.5, 0.6) is 0 Å². The fraction of sp³-hybridized carbons (Fsp3) is 0.0667. The summed E-state index contributed by atoms with van der Waals surface area (Å²) in [4.78, 5) is 4.49. The van der Waals surface area contributed by atoms with E-state index in [0.717, 1.165) is 21.4 Å². The molecule has 0 fully saturated rings. The van der Waals surface area contributed by atoms with Gasteiger partial charge in [0, 0.05) is 16.5 Å². The number of aromatic nitrogens is 3. The predicted molar refractivity (Wildman–Crippen MR) is 93.2 cm³/mol. The average molecular weight is 398 g/mol. The van der Waals surface area contributed by atoms with E-state index in [9.17, 15) is 0 Å². The lowest BCUT2D eigenvalue weighted by atomic mass is 10.1. The fourth-order valence-electron chi connectivity index (χ4n) is 2.03. The first-order valence-corrected chi connectivity index (χ1v) is 7.98. The summed E-state index contributed by atoms with van der Waals surface area (Å²) in [6.07, 6.45) is 0.631. The third kappa shape index (κ3) is 3.27. The van der Waals surface area contributed by atoms with Crippen LogP contribution in [0.4, 0.5) is 5.69 Å². The topological polar surface area (TPSA) is 67.6 Å². The Morgan fingerprint density at radius 3 is 2.59 bits per heavy atom. The molecule has 0 bridgehead atoms. The van der Waals surface area contributed by atoms with Crippen LogP contribution < -0.4 is 5.73 Å². The third-order valence-electron chi connectivity index (χ3n) is 3.14. The zero-order chi connectivity index (χ0) is 15.7. The van der Waals surface area contributed by atoms with Crippen molar-refractivity contribution < 1.29 is 0 Å². The number of hydrogen-bond acceptors (Lipinski definition) is 3. The van der Waals surface area contributed by atoms with Gasteiger partial charge in [-0.3, -0.25) is 5.10 Å². The molecular weight excluding hydrogens is 387 g/mol. The Balaban J connectivity index is 1.84. The molecule has 2 aromatic carbocycles. The molecule has 0 amide bonds. The highest BCUT2D eigenvalue weighted by Crippen LogP contribution is 2.26. The molecule has 0 radical (unpaired) electrons. The number of rotatable bonds is 3. The Kier molecular flexibility index (Phi) is 4.38. The predicted octanol–water partition coefficient (Wildman–Crippen LogP) is 4.71. The number of nitrogen functional groups attached to an aromatic ring is 1. The van der Waals surface area contributed by atoms with E-state index >= 15 is 0 Å². The summed E-state index contributed by atoms with van der Waals surface area (Å²) in [7, 11) is 0. The number of anilines is 1. The molecule has 0 aliphatic carbocycles. The first-order valence-electron chi connectivity index (χ1n) is 6.43. The molecule has 0 aliphatic rings. The number of hydrogen-bond donors (Lipinski definition) is 2. The molecule has 7 heteroatoms. The van der Waals surface area contributed by atoms with Crippen molar-refractivity contribution in [3.8, 4) is 11.4 Å². The largest absolute Gasteiger partial charge is 0.398 e. The highest BCUT2D eigenvalue weighted by atomic mass is 79.9. The second kappa shape index (κ2) is 6.28. The van der Waals surface area contributed by atoms with Crippen LogP contribution in [0.1, 0.15) is 11.4 Å². The number of benzene rings is 2. The van der Waals surface area contributed by atoms with E-state index < -0.39 is 0 Å². The van der Waals surface area contributed by atoms with Crippen molar-refractivity contribution >= 4 is 44.8 Å². The SMILES string of the molecule is Nc1cc(-c2n[nH]c(Cc3ccc(Cl)c(Br)c3)n2)ccc1Cl. The van der Waals surface area contributed by atoms with Crippen molar-refractivity contribution in [1.82, 2.24) is 15.2 Å². The van der Waals surface area contributed by atoms with Crippen molar-refractivity contribution in [3.05, 3.63) is 62.3 Å². The molecule has 0 atom stereocenters. The maximum Gasteiger partial charge on any atom is 0.181 e. The van der Waals surface area contributed by atoms with Gasteiger partial charge in [0.2, 0.25) is 0 Å². The molecule has 22 heavy (non-hydrogen) atoms. The van der Waals surface area contributed by atoms with Gasteiger partial charge in [0.25, 0.3) is 0 Å². The molecule has 112 valence electrons. The monoisotopic (exact) mass is 396 g/mol. The number of H-pyrrole nitrogens is 1. The van der Waals surface area contributed by atoms with Crippen molar-refractivity contribution in [2.24, 2.45) is 0 Å². The van der Waals surface area contributed by atoms with Crippen LogP contribution in [0.25, 0.3) is 11.4 Å². The minimum atomic E-state index is 0.507. The molecule has 0 spiro atoms. The van der Waals surface area contributed by atoms with E-state index in [1.54, 1.807) is 12.1 Å².